The van der Waals surface area contributed by atoms with Crippen molar-refractivity contribution in [3.8, 4) is 0 Å². The highest BCUT2D eigenvalue weighted by molar-refractivity contribution is 5.34. The highest BCUT2D eigenvalue weighted by Crippen LogP contribution is 2.25. The van der Waals surface area contributed by atoms with Gasteiger partial charge in [0, 0.05) is 5.54 Å². The van der Waals surface area contributed by atoms with E-state index in [-0.39, 0.29) is 5.82 Å². The zero-order chi connectivity index (χ0) is 14.0. The molecule has 1 atom stereocenters. The van der Waals surface area contributed by atoms with Crippen LogP contribution in [0.25, 0.3) is 0 Å². The lowest BCUT2D eigenvalue weighted by Gasteiger charge is -2.26. The van der Waals surface area contributed by atoms with Gasteiger partial charge >= 0.3 is 0 Å². The number of rotatable bonds is 3. The number of hydrogen-bond donors (Lipinski definition) is 1. The standard InChI is InChI=1S/C17H20FN/c1-12-8-13(2)10-15(9-12)17(3,19)11-14-6-4-5-7-16(14)18/h4-10H,11,19H2,1-3H3. The fraction of sp³-hybridized carbons (Fsp3) is 0.294. The summed E-state index contributed by atoms with van der Waals surface area (Å²) in [6.07, 6.45) is 0.489. The predicted molar refractivity (Wildman–Crippen MR) is 77.6 cm³/mol. The van der Waals surface area contributed by atoms with Crippen LogP contribution in [0.3, 0.4) is 0 Å². The van der Waals surface area contributed by atoms with Crippen molar-refractivity contribution in [2.75, 3.05) is 0 Å². The molecule has 1 unspecified atom stereocenters. The maximum atomic E-state index is 13.7. The van der Waals surface area contributed by atoms with Crippen LogP contribution in [0.5, 0.6) is 0 Å². The third-order valence-corrected chi connectivity index (χ3v) is 3.40. The lowest BCUT2D eigenvalue weighted by molar-refractivity contribution is 0.475. The summed E-state index contributed by atoms with van der Waals surface area (Å²) in [6.45, 7) is 6.05. The highest BCUT2D eigenvalue weighted by Gasteiger charge is 2.23. The summed E-state index contributed by atoms with van der Waals surface area (Å²) in [5.74, 6) is -0.191. The van der Waals surface area contributed by atoms with Crippen molar-refractivity contribution in [3.05, 3.63) is 70.5 Å². The number of aryl methyl sites for hydroxylation is 2. The minimum atomic E-state index is -0.570. The van der Waals surface area contributed by atoms with Gasteiger partial charge in [0.1, 0.15) is 5.82 Å². The van der Waals surface area contributed by atoms with Gasteiger partial charge in [0.15, 0.2) is 0 Å². The molecule has 1 nitrogen and oxygen atoms in total. The molecule has 0 spiro atoms. The molecule has 0 aliphatic carbocycles. The molecule has 0 aliphatic rings. The Bertz CT molecular complexity index is 567. The van der Waals surface area contributed by atoms with E-state index in [0.29, 0.717) is 12.0 Å². The molecule has 0 aromatic heterocycles. The van der Waals surface area contributed by atoms with Crippen LogP contribution in [-0.2, 0) is 12.0 Å². The van der Waals surface area contributed by atoms with Crippen LogP contribution in [0.15, 0.2) is 42.5 Å². The predicted octanol–water partition coefficient (Wildman–Crippen LogP) is 3.86. The van der Waals surface area contributed by atoms with Crippen LogP contribution in [-0.4, -0.2) is 0 Å². The molecule has 0 saturated heterocycles. The van der Waals surface area contributed by atoms with Gasteiger partial charge in [-0.05, 0) is 44.4 Å². The SMILES string of the molecule is Cc1cc(C)cc(C(C)(N)Cc2ccccc2F)c1. The normalized spacial score (nSPS) is 14.2. The van der Waals surface area contributed by atoms with Crippen molar-refractivity contribution in [2.45, 2.75) is 32.7 Å². The zero-order valence-electron chi connectivity index (χ0n) is 11.7. The molecule has 2 rings (SSSR count). The van der Waals surface area contributed by atoms with Crippen LogP contribution in [0.4, 0.5) is 4.39 Å². The van der Waals surface area contributed by atoms with Crippen molar-refractivity contribution >= 4 is 0 Å². The quantitative estimate of drug-likeness (QED) is 0.887. The third kappa shape index (κ3) is 3.21. The first-order valence-corrected chi connectivity index (χ1v) is 6.49. The van der Waals surface area contributed by atoms with Crippen LogP contribution >= 0.6 is 0 Å². The minimum Gasteiger partial charge on any atom is -0.321 e. The van der Waals surface area contributed by atoms with Crippen molar-refractivity contribution in [2.24, 2.45) is 5.73 Å². The second-order valence-corrected chi connectivity index (χ2v) is 5.56. The smallest absolute Gasteiger partial charge is 0.126 e. The second kappa shape index (κ2) is 5.14. The average Bonchev–Trinajstić information content (AvgIpc) is 2.31. The molecule has 0 radical (unpaired) electrons. The summed E-state index contributed by atoms with van der Waals surface area (Å²) in [6, 6.07) is 13.1. The fourth-order valence-electron chi connectivity index (χ4n) is 2.44. The molecule has 0 bridgehead atoms. The molecular formula is C17H20FN. The first-order valence-electron chi connectivity index (χ1n) is 6.49. The van der Waals surface area contributed by atoms with Gasteiger partial charge in [-0.3, -0.25) is 0 Å². The maximum absolute atomic E-state index is 13.7. The number of benzene rings is 2. The zero-order valence-corrected chi connectivity index (χ0v) is 11.7. The third-order valence-electron chi connectivity index (χ3n) is 3.40. The van der Waals surface area contributed by atoms with Gasteiger partial charge < -0.3 is 5.73 Å². The summed E-state index contributed by atoms with van der Waals surface area (Å²) >= 11 is 0. The molecule has 0 saturated carbocycles. The van der Waals surface area contributed by atoms with E-state index in [1.807, 2.05) is 13.0 Å². The Morgan fingerprint density at radius 1 is 1.05 bits per heavy atom. The summed E-state index contributed by atoms with van der Waals surface area (Å²) in [4.78, 5) is 0. The maximum Gasteiger partial charge on any atom is 0.126 e. The molecule has 0 fully saturated rings. The minimum absolute atomic E-state index is 0.191. The first-order chi connectivity index (χ1) is 8.88. The average molecular weight is 257 g/mol. The van der Waals surface area contributed by atoms with E-state index in [4.69, 9.17) is 5.73 Å². The largest absolute Gasteiger partial charge is 0.321 e. The molecular weight excluding hydrogens is 237 g/mol. The van der Waals surface area contributed by atoms with Crippen LogP contribution in [0, 0.1) is 19.7 Å². The van der Waals surface area contributed by atoms with Gasteiger partial charge in [-0.25, -0.2) is 4.39 Å². The lowest BCUT2D eigenvalue weighted by atomic mass is 9.85. The molecule has 19 heavy (non-hydrogen) atoms. The molecule has 0 aliphatic heterocycles. The number of halogens is 1. The van der Waals surface area contributed by atoms with E-state index in [2.05, 4.69) is 32.0 Å². The van der Waals surface area contributed by atoms with Gasteiger partial charge in [0.05, 0.1) is 0 Å². The molecule has 2 heteroatoms. The Hall–Kier alpha value is -1.67. The van der Waals surface area contributed by atoms with E-state index >= 15 is 0 Å². The lowest BCUT2D eigenvalue weighted by Crippen LogP contribution is -2.36. The van der Waals surface area contributed by atoms with Gasteiger partial charge in [-0.1, -0.05) is 47.5 Å². The Kier molecular flexibility index (Phi) is 3.72. The Balaban J connectivity index is 2.34. The molecule has 2 aromatic carbocycles. The first kappa shape index (κ1) is 13.8. The number of nitrogens with two attached hydrogens (primary N) is 1. The van der Waals surface area contributed by atoms with Crippen molar-refractivity contribution in [3.63, 3.8) is 0 Å². The summed E-state index contributed by atoms with van der Waals surface area (Å²) in [5.41, 5.74) is 9.91. The van der Waals surface area contributed by atoms with Crippen LogP contribution in [0.1, 0.15) is 29.2 Å². The van der Waals surface area contributed by atoms with Gasteiger partial charge in [0.2, 0.25) is 0 Å². The Labute approximate surface area is 114 Å². The van der Waals surface area contributed by atoms with E-state index < -0.39 is 5.54 Å². The van der Waals surface area contributed by atoms with E-state index in [1.54, 1.807) is 12.1 Å². The molecule has 0 amide bonds. The fourth-order valence-corrected chi connectivity index (χ4v) is 2.44. The number of hydrogen-bond acceptors (Lipinski definition) is 1. The van der Waals surface area contributed by atoms with Crippen LogP contribution < -0.4 is 5.73 Å². The van der Waals surface area contributed by atoms with Gasteiger partial charge in [-0.2, -0.15) is 0 Å². The highest BCUT2D eigenvalue weighted by atomic mass is 19.1. The topological polar surface area (TPSA) is 26.0 Å². The van der Waals surface area contributed by atoms with E-state index in [0.717, 1.165) is 5.56 Å². The second-order valence-electron chi connectivity index (χ2n) is 5.56. The van der Waals surface area contributed by atoms with E-state index in [1.165, 1.54) is 17.2 Å². The summed E-state index contributed by atoms with van der Waals surface area (Å²) in [5, 5.41) is 0. The van der Waals surface area contributed by atoms with Crippen molar-refractivity contribution < 1.29 is 4.39 Å². The van der Waals surface area contributed by atoms with Crippen molar-refractivity contribution in [1.29, 1.82) is 0 Å². The van der Waals surface area contributed by atoms with Crippen LogP contribution in [0.2, 0.25) is 0 Å². The summed E-state index contributed by atoms with van der Waals surface area (Å²) < 4.78 is 13.7. The Morgan fingerprint density at radius 2 is 1.63 bits per heavy atom. The molecule has 0 heterocycles. The van der Waals surface area contributed by atoms with Crippen molar-refractivity contribution in [1.82, 2.24) is 0 Å². The molecule has 2 N–H and O–H groups in total. The van der Waals surface area contributed by atoms with E-state index in [9.17, 15) is 4.39 Å². The van der Waals surface area contributed by atoms with Gasteiger partial charge in [0.25, 0.3) is 0 Å². The molecule has 100 valence electrons. The molecule has 2 aromatic rings. The Morgan fingerprint density at radius 3 is 2.21 bits per heavy atom. The summed E-state index contributed by atoms with van der Waals surface area (Å²) in [7, 11) is 0. The van der Waals surface area contributed by atoms with Gasteiger partial charge in [-0.15, -0.1) is 0 Å². The monoisotopic (exact) mass is 257 g/mol.